The fourth-order valence-electron chi connectivity index (χ4n) is 6.09. The van der Waals surface area contributed by atoms with E-state index in [1.54, 1.807) is 17.2 Å². The van der Waals surface area contributed by atoms with Crippen LogP contribution < -0.4 is 15.3 Å². The second-order valence-corrected chi connectivity index (χ2v) is 11.2. The largest absolute Gasteiger partial charge is 0.507 e. The molecular formula is C31H30F2N6O4. The molecular weight excluding hydrogens is 558 g/mol. The molecule has 0 aliphatic carbocycles. The van der Waals surface area contributed by atoms with E-state index in [0.29, 0.717) is 23.5 Å². The van der Waals surface area contributed by atoms with Crippen LogP contribution >= 0.6 is 0 Å². The van der Waals surface area contributed by atoms with Gasteiger partial charge in [0.15, 0.2) is 17.2 Å². The van der Waals surface area contributed by atoms with Crippen molar-refractivity contribution in [3.63, 3.8) is 0 Å². The van der Waals surface area contributed by atoms with Gasteiger partial charge in [-0.25, -0.2) is 23.1 Å². The van der Waals surface area contributed by atoms with Gasteiger partial charge in [0.2, 0.25) is 5.91 Å². The maximum atomic E-state index is 16.5. The average molecular weight is 589 g/mol. The number of carbonyl (C=O) groups excluding carboxylic acids is 1. The molecule has 2 aliphatic heterocycles. The summed E-state index contributed by atoms with van der Waals surface area (Å²) in [7, 11) is 0. The van der Waals surface area contributed by atoms with Crippen molar-refractivity contribution in [2.75, 3.05) is 24.6 Å². The zero-order valence-corrected chi connectivity index (χ0v) is 24.1. The quantitative estimate of drug-likeness (QED) is 0.352. The summed E-state index contributed by atoms with van der Waals surface area (Å²) in [5.74, 6) is -2.96. The predicted octanol–water partition coefficient (Wildman–Crippen LogP) is 4.24. The Morgan fingerprint density at radius 1 is 1.21 bits per heavy atom. The Morgan fingerprint density at radius 3 is 2.67 bits per heavy atom. The standard InChI is InChI=1S/C31H30F2N6O4/c1-6-21(41)37-12-17(5)38-18(13-37)14-43-28-23-29(35-26(24(28)33)22-19(32)8-7-9-20(22)40)39(31(42)36-30(23)38)27-16(4)10-11-34-25(27)15(2)3/h6-11,15,17-18,40H,1,12-14H2,2-5H3. The zero-order valence-electron chi connectivity index (χ0n) is 24.1. The molecule has 1 fully saturated rings. The number of fused-ring (bicyclic) bond motifs is 2. The number of aromatic nitrogens is 4. The minimum atomic E-state index is -1.01. The van der Waals surface area contributed by atoms with Crippen molar-refractivity contribution in [3.8, 4) is 28.4 Å². The number of halogens is 2. The predicted molar refractivity (Wildman–Crippen MR) is 157 cm³/mol. The van der Waals surface area contributed by atoms with E-state index in [1.165, 1.54) is 22.8 Å². The number of nitrogens with zero attached hydrogens (tertiary/aromatic N) is 6. The number of pyridine rings is 2. The number of hydrogen-bond acceptors (Lipinski definition) is 8. The maximum Gasteiger partial charge on any atom is 0.355 e. The minimum absolute atomic E-state index is 0.0282. The summed E-state index contributed by atoms with van der Waals surface area (Å²) in [6.45, 7) is 11.6. The molecule has 222 valence electrons. The van der Waals surface area contributed by atoms with Gasteiger partial charge in [0.25, 0.3) is 0 Å². The van der Waals surface area contributed by atoms with Gasteiger partial charge in [-0.1, -0.05) is 26.5 Å². The van der Waals surface area contributed by atoms with Crippen LogP contribution in [0.1, 0.15) is 37.9 Å². The molecule has 5 heterocycles. The highest BCUT2D eigenvalue weighted by Crippen LogP contribution is 2.44. The first-order valence-electron chi connectivity index (χ1n) is 14.0. The molecule has 2 atom stereocenters. The third-order valence-electron chi connectivity index (χ3n) is 7.99. The molecule has 12 heteroatoms. The second kappa shape index (κ2) is 10.4. The van der Waals surface area contributed by atoms with Crippen molar-refractivity contribution in [2.45, 2.75) is 45.7 Å². The third kappa shape index (κ3) is 4.39. The van der Waals surface area contributed by atoms with Crippen LogP contribution in [0.4, 0.5) is 14.6 Å². The van der Waals surface area contributed by atoms with Gasteiger partial charge in [0, 0.05) is 25.3 Å². The molecule has 3 aromatic heterocycles. The fraction of sp³-hybridized carbons (Fsp3) is 0.323. The van der Waals surface area contributed by atoms with Crippen LogP contribution in [0.2, 0.25) is 0 Å². The number of benzene rings is 1. The minimum Gasteiger partial charge on any atom is -0.507 e. The number of aromatic hydroxyl groups is 1. The molecule has 0 radical (unpaired) electrons. The molecule has 4 aromatic rings. The summed E-state index contributed by atoms with van der Waals surface area (Å²) < 4.78 is 39.0. The van der Waals surface area contributed by atoms with Crippen LogP contribution in [0, 0.1) is 18.6 Å². The first-order valence-corrected chi connectivity index (χ1v) is 14.0. The van der Waals surface area contributed by atoms with Crippen molar-refractivity contribution < 1.29 is 23.4 Å². The number of phenols is 1. The Labute approximate surface area is 245 Å². The molecule has 1 saturated heterocycles. The summed E-state index contributed by atoms with van der Waals surface area (Å²) in [6, 6.07) is 4.50. The van der Waals surface area contributed by atoms with Gasteiger partial charge in [0.05, 0.1) is 23.0 Å². The summed E-state index contributed by atoms with van der Waals surface area (Å²) in [6.07, 6.45) is 2.86. The summed E-state index contributed by atoms with van der Waals surface area (Å²) in [5, 5.41) is 10.7. The SMILES string of the molecule is C=CC(=O)N1CC(C)N2c3nc(=O)n(-c4c(C)ccnc4C(C)C)c4nc(-c5c(O)cccc5F)c(F)c(c34)OCC2C1. The maximum absolute atomic E-state index is 16.5. The lowest BCUT2D eigenvalue weighted by Crippen LogP contribution is -2.61. The first kappa shape index (κ1) is 28.3. The number of aryl methyl sites for hydroxylation is 1. The Balaban J connectivity index is 1.73. The van der Waals surface area contributed by atoms with E-state index < -0.39 is 40.4 Å². The smallest absolute Gasteiger partial charge is 0.355 e. The van der Waals surface area contributed by atoms with Crippen LogP contribution in [-0.2, 0) is 4.79 Å². The highest BCUT2D eigenvalue weighted by atomic mass is 19.1. The van der Waals surface area contributed by atoms with Crippen LogP contribution in [0.15, 0.2) is 47.9 Å². The van der Waals surface area contributed by atoms with E-state index in [1.807, 2.05) is 32.6 Å². The molecule has 2 unspecified atom stereocenters. The molecule has 1 aromatic carbocycles. The van der Waals surface area contributed by atoms with Crippen molar-refractivity contribution in [1.82, 2.24) is 24.4 Å². The number of piperazine rings is 1. The van der Waals surface area contributed by atoms with Gasteiger partial charge in [-0.2, -0.15) is 4.98 Å². The second-order valence-electron chi connectivity index (χ2n) is 11.2. The van der Waals surface area contributed by atoms with Crippen molar-refractivity contribution in [1.29, 1.82) is 0 Å². The number of carbonyl (C=O) groups is 1. The van der Waals surface area contributed by atoms with Gasteiger partial charge in [0.1, 0.15) is 35.1 Å². The van der Waals surface area contributed by atoms with Crippen LogP contribution in [0.25, 0.3) is 28.0 Å². The molecule has 10 nitrogen and oxygen atoms in total. The Kier molecular flexibility index (Phi) is 6.86. The highest BCUT2D eigenvalue weighted by Gasteiger charge is 2.41. The van der Waals surface area contributed by atoms with Gasteiger partial charge >= 0.3 is 5.69 Å². The zero-order chi connectivity index (χ0) is 30.7. The van der Waals surface area contributed by atoms with E-state index in [0.717, 1.165) is 6.07 Å². The molecule has 1 amide bonds. The molecule has 43 heavy (non-hydrogen) atoms. The lowest BCUT2D eigenvalue weighted by Gasteiger charge is -2.45. The average Bonchev–Trinajstić information content (AvgIpc) is 3.13. The number of hydrogen-bond donors (Lipinski definition) is 1. The molecule has 0 saturated carbocycles. The van der Waals surface area contributed by atoms with Crippen LogP contribution in [0.3, 0.4) is 0 Å². The fourth-order valence-corrected chi connectivity index (χ4v) is 6.09. The third-order valence-corrected chi connectivity index (χ3v) is 7.99. The monoisotopic (exact) mass is 588 g/mol. The number of ether oxygens (including phenoxy) is 1. The van der Waals surface area contributed by atoms with E-state index in [2.05, 4.69) is 21.5 Å². The highest BCUT2D eigenvalue weighted by molar-refractivity contribution is 5.97. The van der Waals surface area contributed by atoms with Crippen LogP contribution in [-0.4, -0.2) is 67.2 Å². The van der Waals surface area contributed by atoms with Gasteiger partial charge in [-0.3, -0.25) is 9.78 Å². The molecule has 0 bridgehead atoms. The van der Waals surface area contributed by atoms with Crippen molar-refractivity contribution >= 4 is 22.8 Å². The number of anilines is 1. The van der Waals surface area contributed by atoms with Gasteiger partial charge < -0.3 is 19.6 Å². The Bertz CT molecular complexity index is 1850. The number of amides is 1. The lowest BCUT2D eigenvalue weighted by atomic mass is 10.0. The number of rotatable bonds is 4. The topological polar surface area (TPSA) is 114 Å². The summed E-state index contributed by atoms with van der Waals surface area (Å²) in [5.41, 5.74) is -0.0221. The molecule has 2 aliphatic rings. The van der Waals surface area contributed by atoms with Crippen LogP contribution in [0.5, 0.6) is 11.5 Å². The summed E-state index contributed by atoms with van der Waals surface area (Å²) >= 11 is 0. The van der Waals surface area contributed by atoms with Gasteiger partial charge in [-0.15, -0.1) is 0 Å². The van der Waals surface area contributed by atoms with E-state index in [-0.39, 0.29) is 53.6 Å². The van der Waals surface area contributed by atoms with Gasteiger partial charge in [-0.05, 0) is 49.6 Å². The first-order chi connectivity index (χ1) is 20.5. The Morgan fingerprint density at radius 2 is 1.98 bits per heavy atom. The molecule has 1 N–H and O–H groups in total. The van der Waals surface area contributed by atoms with Crippen molar-refractivity contribution in [2.24, 2.45) is 0 Å². The lowest BCUT2D eigenvalue weighted by molar-refractivity contribution is -0.127. The molecule has 0 spiro atoms. The normalized spacial score (nSPS) is 17.9. The number of phenolic OH excluding ortho intramolecular Hbond substituents is 1. The van der Waals surface area contributed by atoms with Crippen molar-refractivity contribution in [3.05, 3.63) is 76.5 Å². The van der Waals surface area contributed by atoms with E-state index in [9.17, 15) is 14.7 Å². The molecule has 6 rings (SSSR count). The Hall–Kier alpha value is -4.87. The van der Waals surface area contributed by atoms with E-state index in [4.69, 9.17) is 4.74 Å². The summed E-state index contributed by atoms with van der Waals surface area (Å²) in [4.78, 5) is 43.6. The van der Waals surface area contributed by atoms with E-state index >= 15 is 8.78 Å².